The lowest BCUT2D eigenvalue weighted by atomic mass is 10.1. The van der Waals surface area contributed by atoms with Gasteiger partial charge in [-0.25, -0.2) is 9.97 Å². The number of amides is 3. The molecule has 0 bridgehead atoms. The van der Waals surface area contributed by atoms with Crippen molar-refractivity contribution in [1.82, 2.24) is 19.9 Å². The van der Waals surface area contributed by atoms with Crippen molar-refractivity contribution < 1.29 is 27.6 Å². The second kappa shape index (κ2) is 11.4. The Kier molecular flexibility index (Phi) is 7.61. The zero-order valence-electron chi connectivity index (χ0n) is 22.2. The number of hydrogen-bond donors (Lipinski definition) is 2. The lowest BCUT2D eigenvalue weighted by molar-refractivity contribution is -0.137. The van der Waals surface area contributed by atoms with Gasteiger partial charge >= 0.3 is 6.18 Å². The van der Waals surface area contributed by atoms with Gasteiger partial charge in [0.25, 0.3) is 11.8 Å². The molecule has 1 fully saturated rings. The van der Waals surface area contributed by atoms with E-state index in [1.165, 1.54) is 28.4 Å². The number of hydrogen-bond acceptors (Lipinski definition) is 7. The van der Waals surface area contributed by atoms with Crippen molar-refractivity contribution >= 4 is 52.3 Å². The Morgan fingerprint density at radius 3 is 2.58 bits per heavy atom. The third kappa shape index (κ3) is 6.22. The minimum Gasteiger partial charge on any atom is -0.321 e. The van der Waals surface area contributed by atoms with Crippen LogP contribution in [0.5, 0.6) is 0 Å². The van der Waals surface area contributed by atoms with E-state index in [2.05, 4.69) is 25.6 Å². The highest BCUT2D eigenvalue weighted by Crippen LogP contribution is 2.44. The molecule has 1 unspecified atom stereocenters. The standard InChI is InChI=1S/C29H22ClF3N6O3S/c30-20-11-15(4-8-19(20)25(40)36-22-9-7-17(13-35-22)29(31,32)33)14-39-21(12-18-3-1-2-10-34-18)26(41)37-24-23(28(39)42)43-27(38-24)16-5-6-16/h1-4,7-11,13,16,21H,5-6,12,14H2,(H,37,41)(H,35,36,40). The van der Waals surface area contributed by atoms with Crippen LogP contribution in [0.15, 0.2) is 60.9 Å². The zero-order chi connectivity index (χ0) is 30.3. The second-order valence-electron chi connectivity index (χ2n) is 10.2. The largest absolute Gasteiger partial charge is 0.417 e. The molecule has 6 rings (SSSR count). The van der Waals surface area contributed by atoms with Crippen LogP contribution >= 0.6 is 22.9 Å². The molecule has 0 saturated heterocycles. The van der Waals surface area contributed by atoms with Crippen LogP contribution in [-0.4, -0.2) is 43.6 Å². The molecule has 2 aliphatic rings. The number of fused-ring (bicyclic) bond motifs is 1. The molecule has 1 atom stereocenters. The first kappa shape index (κ1) is 28.7. The Bertz CT molecular complexity index is 1710. The van der Waals surface area contributed by atoms with Gasteiger partial charge in [0.1, 0.15) is 16.7 Å². The van der Waals surface area contributed by atoms with Gasteiger partial charge in [-0.2, -0.15) is 13.2 Å². The number of benzene rings is 1. The number of carbonyl (C=O) groups excluding carboxylic acids is 3. The highest BCUT2D eigenvalue weighted by molar-refractivity contribution is 7.14. The normalized spacial score (nSPS) is 16.8. The summed E-state index contributed by atoms with van der Waals surface area (Å²) in [7, 11) is 0. The van der Waals surface area contributed by atoms with E-state index in [1.54, 1.807) is 30.5 Å². The summed E-state index contributed by atoms with van der Waals surface area (Å²) in [5, 5.41) is 6.13. The minimum absolute atomic E-state index is 0.00192. The van der Waals surface area contributed by atoms with Crippen LogP contribution in [0.2, 0.25) is 5.02 Å². The van der Waals surface area contributed by atoms with Crippen LogP contribution in [0.25, 0.3) is 0 Å². The molecule has 43 heavy (non-hydrogen) atoms. The van der Waals surface area contributed by atoms with Gasteiger partial charge in [0, 0.05) is 37.0 Å². The number of halogens is 4. The molecule has 2 N–H and O–H groups in total. The lowest BCUT2D eigenvalue weighted by Gasteiger charge is -2.28. The van der Waals surface area contributed by atoms with Crippen molar-refractivity contribution in [2.24, 2.45) is 0 Å². The molecule has 4 heterocycles. The number of alkyl halides is 3. The first-order chi connectivity index (χ1) is 20.6. The fourth-order valence-corrected chi connectivity index (χ4v) is 6.08. The minimum atomic E-state index is -4.55. The molecule has 4 aromatic rings. The summed E-state index contributed by atoms with van der Waals surface area (Å²) < 4.78 is 38.5. The number of nitrogens with one attached hydrogen (secondary N) is 2. The van der Waals surface area contributed by atoms with E-state index < -0.39 is 29.6 Å². The number of pyridine rings is 2. The fraction of sp³-hybridized carbons (Fsp3) is 0.241. The van der Waals surface area contributed by atoms with E-state index in [0.29, 0.717) is 28.2 Å². The van der Waals surface area contributed by atoms with Crippen molar-refractivity contribution in [3.63, 3.8) is 0 Å². The van der Waals surface area contributed by atoms with Crippen LogP contribution in [0.3, 0.4) is 0 Å². The second-order valence-corrected chi connectivity index (χ2v) is 11.6. The average molecular weight is 627 g/mol. The average Bonchev–Trinajstić information content (AvgIpc) is 3.75. The maximum atomic E-state index is 13.9. The quantitative estimate of drug-likeness (QED) is 0.262. The summed E-state index contributed by atoms with van der Waals surface area (Å²) in [5.74, 6) is -0.944. The predicted molar refractivity (Wildman–Crippen MR) is 153 cm³/mol. The van der Waals surface area contributed by atoms with Gasteiger partial charge in [0.05, 0.1) is 21.2 Å². The molecule has 1 aromatic carbocycles. The monoisotopic (exact) mass is 626 g/mol. The van der Waals surface area contributed by atoms with Gasteiger partial charge in [-0.3, -0.25) is 19.4 Å². The Balaban J connectivity index is 1.25. The number of rotatable bonds is 7. The van der Waals surface area contributed by atoms with Crippen molar-refractivity contribution in [2.75, 3.05) is 10.6 Å². The predicted octanol–water partition coefficient (Wildman–Crippen LogP) is 5.94. The van der Waals surface area contributed by atoms with Crippen molar-refractivity contribution in [2.45, 2.75) is 43.9 Å². The maximum absolute atomic E-state index is 13.9. The number of thiazole rings is 1. The SMILES string of the molecule is O=C(Nc1ccc(C(F)(F)F)cn1)c1ccc(CN2C(=O)c3sc(C4CC4)nc3NC(=O)C2Cc2ccccn2)cc1Cl. The Morgan fingerprint density at radius 2 is 1.93 bits per heavy atom. The van der Waals surface area contributed by atoms with Gasteiger partial charge in [0.2, 0.25) is 5.91 Å². The Morgan fingerprint density at radius 1 is 1.12 bits per heavy atom. The Labute approximate surface area is 252 Å². The van der Waals surface area contributed by atoms with Gasteiger partial charge in [-0.05, 0) is 54.8 Å². The first-order valence-corrected chi connectivity index (χ1v) is 14.4. The lowest BCUT2D eigenvalue weighted by Crippen LogP contribution is -2.46. The van der Waals surface area contributed by atoms with Crippen molar-refractivity contribution in [1.29, 1.82) is 0 Å². The summed E-state index contributed by atoms with van der Waals surface area (Å²) in [5.41, 5.74) is 0.284. The van der Waals surface area contributed by atoms with Gasteiger partial charge in [0.15, 0.2) is 5.82 Å². The highest BCUT2D eigenvalue weighted by Gasteiger charge is 2.39. The van der Waals surface area contributed by atoms with E-state index in [1.807, 2.05) is 0 Å². The third-order valence-corrected chi connectivity index (χ3v) is 8.56. The van der Waals surface area contributed by atoms with Crippen LogP contribution < -0.4 is 10.6 Å². The topological polar surface area (TPSA) is 117 Å². The molecule has 1 saturated carbocycles. The molecule has 220 valence electrons. The zero-order valence-corrected chi connectivity index (χ0v) is 23.8. The van der Waals surface area contributed by atoms with E-state index in [-0.39, 0.29) is 41.1 Å². The molecule has 0 radical (unpaired) electrons. The van der Waals surface area contributed by atoms with E-state index in [0.717, 1.165) is 30.0 Å². The number of nitrogens with zero attached hydrogens (tertiary/aromatic N) is 4. The van der Waals surface area contributed by atoms with Crippen molar-refractivity contribution in [3.8, 4) is 0 Å². The molecule has 3 aromatic heterocycles. The summed E-state index contributed by atoms with van der Waals surface area (Å²) in [6.45, 7) is 0.00192. The summed E-state index contributed by atoms with van der Waals surface area (Å²) in [6.07, 6.45) is -0.168. The summed E-state index contributed by atoms with van der Waals surface area (Å²) in [6, 6.07) is 10.8. The molecule has 1 aliphatic heterocycles. The van der Waals surface area contributed by atoms with Gasteiger partial charge in [-0.1, -0.05) is 23.7 Å². The smallest absolute Gasteiger partial charge is 0.321 e. The number of aromatic nitrogens is 3. The molecule has 3 amide bonds. The molecular formula is C29H22ClF3N6O3S. The Hall–Kier alpha value is -4.36. The van der Waals surface area contributed by atoms with E-state index >= 15 is 0 Å². The first-order valence-electron chi connectivity index (χ1n) is 13.2. The third-order valence-electron chi connectivity index (χ3n) is 7.04. The van der Waals surface area contributed by atoms with E-state index in [9.17, 15) is 27.6 Å². The van der Waals surface area contributed by atoms with Gasteiger partial charge in [-0.15, -0.1) is 11.3 Å². The molecule has 14 heteroatoms. The molecule has 0 spiro atoms. The molecular weight excluding hydrogens is 605 g/mol. The molecule has 9 nitrogen and oxygen atoms in total. The van der Waals surface area contributed by atoms with Crippen LogP contribution in [-0.2, 0) is 23.9 Å². The summed E-state index contributed by atoms with van der Waals surface area (Å²) >= 11 is 7.74. The highest BCUT2D eigenvalue weighted by atomic mass is 35.5. The van der Waals surface area contributed by atoms with Crippen LogP contribution in [0.1, 0.15) is 60.6 Å². The number of carbonyl (C=O) groups is 3. The maximum Gasteiger partial charge on any atom is 0.417 e. The van der Waals surface area contributed by atoms with Crippen molar-refractivity contribution in [3.05, 3.63) is 98.2 Å². The fourth-order valence-electron chi connectivity index (χ4n) is 4.64. The van der Waals surface area contributed by atoms with E-state index in [4.69, 9.17) is 11.6 Å². The number of anilines is 2. The van der Waals surface area contributed by atoms with Crippen LogP contribution in [0, 0.1) is 0 Å². The van der Waals surface area contributed by atoms with Gasteiger partial charge < -0.3 is 15.5 Å². The molecule has 1 aliphatic carbocycles. The van der Waals surface area contributed by atoms with Crippen LogP contribution in [0.4, 0.5) is 24.8 Å². The summed E-state index contributed by atoms with van der Waals surface area (Å²) in [4.78, 5) is 54.5.